The number of aliphatic hydroxyl groups excluding tert-OH is 4. The number of hydrogen-bond acceptors (Lipinski definition) is 12. The first-order valence-electron chi connectivity index (χ1n) is 16.6. The number of phenols is 1. The predicted octanol–water partition coefficient (Wildman–Crippen LogP) is -4.39. The van der Waals surface area contributed by atoms with Gasteiger partial charge in [-0.05, 0) is 64.2 Å². The average molecular weight is 708 g/mol. The van der Waals surface area contributed by atoms with Gasteiger partial charge in [-0.1, -0.05) is 12.1 Å². The summed E-state index contributed by atoms with van der Waals surface area (Å²) in [6.45, 7) is 3.37. The minimum atomic E-state index is -1.65. The molecule has 2 fully saturated rings. The highest BCUT2D eigenvalue weighted by molar-refractivity contribution is 5.97. The second kappa shape index (κ2) is 18.0. The van der Waals surface area contributed by atoms with Gasteiger partial charge in [0.25, 0.3) is 0 Å². The molecule has 2 aliphatic heterocycles. The number of aryl methyl sites for hydroxylation is 1. The Kier molecular flexibility index (Phi) is 14.5. The predicted molar refractivity (Wildman–Crippen MR) is 176 cm³/mol. The van der Waals surface area contributed by atoms with Crippen LogP contribution in [0.5, 0.6) is 5.75 Å². The highest BCUT2D eigenvalue weighted by Crippen LogP contribution is 2.21. The van der Waals surface area contributed by atoms with Gasteiger partial charge in [0.2, 0.25) is 35.4 Å². The van der Waals surface area contributed by atoms with Crippen LogP contribution in [0.4, 0.5) is 0 Å². The lowest BCUT2D eigenvalue weighted by atomic mass is 10.0. The van der Waals surface area contributed by atoms with Crippen LogP contribution in [0.15, 0.2) is 24.3 Å². The molecule has 2 heterocycles. The number of hydrogen-bond donors (Lipinski definition) is 11. The summed E-state index contributed by atoms with van der Waals surface area (Å²) >= 11 is 0. The van der Waals surface area contributed by atoms with E-state index in [1.54, 1.807) is 12.1 Å². The highest BCUT2D eigenvalue weighted by Gasteiger charge is 2.44. The van der Waals surface area contributed by atoms with Crippen LogP contribution in [0, 0.1) is 0 Å². The van der Waals surface area contributed by atoms with E-state index in [2.05, 4.69) is 26.6 Å². The molecule has 2 unspecified atom stereocenters. The van der Waals surface area contributed by atoms with Crippen molar-refractivity contribution in [3.8, 4) is 5.75 Å². The fraction of sp³-hybridized carbons (Fsp3) is 0.625. The Morgan fingerprint density at radius 2 is 1.34 bits per heavy atom. The topological polar surface area (TPSA) is 293 Å². The van der Waals surface area contributed by atoms with Gasteiger partial charge in [-0.25, -0.2) is 0 Å². The van der Waals surface area contributed by atoms with Gasteiger partial charge in [0.15, 0.2) is 0 Å². The first kappa shape index (κ1) is 40.1. The monoisotopic (exact) mass is 707 g/mol. The van der Waals surface area contributed by atoms with Crippen LogP contribution in [-0.2, 0) is 35.2 Å². The molecule has 18 heteroatoms. The molecule has 0 spiro atoms. The number of nitrogens with two attached hydrogens (primary N) is 1. The van der Waals surface area contributed by atoms with E-state index in [4.69, 9.17) is 5.73 Å². The lowest BCUT2D eigenvalue weighted by Gasteiger charge is -2.31. The van der Waals surface area contributed by atoms with E-state index in [0.717, 1.165) is 4.90 Å². The van der Waals surface area contributed by atoms with Crippen molar-refractivity contribution in [1.82, 2.24) is 31.5 Å². The Hall–Kier alpha value is -4.36. The number of carbonyl (C=O) groups is 6. The smallest absolute Gasteiger partial charge is 0.248 e. The van der Waals surface area contributed by atoms with Gasteiger partial charge in [0.05, 0.1) is 30.5 Å². The van der Waals surface area contributed by atoms with Crippen molar-refractivity contribution in [2.75, 3.05) is 13.1 Å². The van der Waals surface area contributed by atoms with Crippen molar-refractivity contribution in [3.05, 3.63) is 29.8 Å². The molecule has 0 aliphatic carbocycles. The molecule has 1 aromatic rings. The van der Waals surface area contributed by atoms with E-state index >= 15 is 0 Å². The van der Waals surface area contributed by atoms with Crippen LogP contribution < -0.4 is 32.3 Å². The van der Waals surface area contributed by atoms with Gasteiger partial charge < -0.3 is 62.8 Å². The Labute approximate surface area is 289 Å². The van der Waals surface area contributed by atoms with Gasteiger partial charge in [-0.15, -0.1) is 0 Å². The number of rotatable bonds is 6. The summed E-state index contributed by atoms with van der Waals surface area (Å²) in [5, 5.41) is 63.6. The normalized spacial score (nSPS) is 30.0. The van der Waals surface area contributed by atoms with Crippen LogP contribution in [0.25, 0.3) is 0 Å². The minimum absolute atomic E-state index is 0.00570. The Balaban J connectivity index is 2.00. The van der Waals surface area contributed by atoms with Crippen LogP contribution in [-0.4, -0.2) is 140 Å². The molecule has 1 aromatic carbocycles. The first-order valence-corrected chi connectivity index (χ1v) is 16.6. The number of nitrogens with zero attached hydrogens (tertiary/aromatic N) is 1. The van der Waals surface area contributed by atoms with Crippen LogP contribution in [0.2, 0.25) is 0 Å². The summed E-state index contributed by atoms with van der Waals surface area (Å²) in [6.07, 6.45) is -5.44. The highest BCUT2D eigenvalue weighted by atomic mass is 16.3. The second-order valence-corrected chi connectivity index (χ2v) is 12.9. The molecule has 2 saturated heterocycles. The van der Waals surface area contributed by atoms with E-state index in [-0.39, 0.29) is 50.9 Å². The summed E-state index contributed by atoms with van der Waals surface area (Å²) < 4.78 is 0. The fourth-order valence-corrected chi connectivity index (χ4v) is 5.73. The molecule has 278 valence electrons. The quantitative estimate of drug-likeness (QED) is 0.134. The molecule has 6 amide bonds. The van der Waals surface area contributed by atoms with E-state index in [1.807, 2.05) is 0 Å². The molecule has 2 aliphatic rings. The van der Waals surface area contributed by atoms with E-state index in [0.29, 0.717) is 5.56 Å². The van der Waals surface area contributed by atoms with E-state index < -0.39 is 96.1 Å². The minimum Gasteiger partial charge on any atom is -0.508 e. The van der Waals surface area contributed by atoms with Crippen LogP contribution in [0.1, 0.15) is 52.0 Å². The van der Waals surface area contributed by atoms with Gasteiger partial charge in [0, 0.05) is 19.5 Å². The lowest BCUT2D eigenvalue weighted by Crippen LogP contribution is -2.62. The standard InChI is InChI=1S/C32H49N7O11/c1-15(40)24-30(48)34-12-4-5-21(33)27(45)38-26(17(3)42)32(50)39-14-20(44)13-23(39)29(47)35-22(11-8-18-6-9-19(43)10-7-18)28(46)36-25(16(2)41)31(49)37-24/h6-7,9-10,15-17,20-26,40-44H,4-5,8,11-14,33H2,1-3H3,(H,34,48)(H,35,47)(H,36,46)(H,37,49)(H,38,45)/t15?,16-,17-,20-,21?,22+,23+,24+,25+,26+/m1/s1. The van der Waals surface area contributed by atoms with Gasteiger partial charge >= 0.3 is 0 Å². The van der Waals surface area contributed by atoms with Crippen molar-refractivity contribution in [2.45, 2.75) is 114 Å². The Bertz CT molecular complexity index is 1370. The zero-order valence-corrected chi connectivity index (χ0v) is 28.2. The fourth-order valence-electron chi connectivity index (χ4n) is 5.73. The number of benzene rings is 1. The maximum absolute atomic E-state index is 13.7. The van der Waals surface area contributed by atoms with Gasteiger partial charge in [-0.3, -0.25) is 28.8 Å². The van der Waals surface area contributed by atoms with Crippen LogP contribution in [0.3, 0.4) is 0 Å². The third kappa shape index (κ3) is 10.8. The van der Waals surface area contributed by atoms with Crippen molar-refractivity contribution < 1.29 is 54.3 Å². The molecule has 18 nitrogen and oxygen atoms in total. The Morgan fingerprint density at radius 1 is 0.780 bits per heavy atom. The maximum atomic E-state index is 13.7. The van der Waals surface area contributed by atoms with Gasteiger partial charge in [-0.2, -0.15) is 0 Å². The van der Waals surface area contributed by atoms with Gasteiger partial charge in [0.1, 0.15) is 36.0 Å². The summed E-state index contributed by atoms with van der Waals surface area (Å²) in [5.74, 6) is -5.25. The first-order chi connectivity index (χ1) is 23.5. The molecule has 10 atom stereocenters. The second-order valence-electron chi connectivity index (χ2n) is 12.9. The van der Waals surface area contributed by atoms with E-state index in [1.165, 1.54) is 32.9 Å². The molecule has 0 aromatic heterocycles. The molecule has 50 heavy (non-hydrogen) atoms. The zero-order chi connectivity index (χ0) is 37.3. The summed E-state index contributed by atoms with van der Waals surface area (Å²) in [6, 6.07) is -2.53. The number of aromatic hydroxyl groups is 1. The van der Waals surface area contributed by atoms with Crippen molar-refractivity contribution >= 4 is 35.4 Å². The Morgan fingerprint density at radius 3 is 1.94 bits per heavy atom. The number of nitrogens with one attached hydrogen (secondary N) is 5. The van der Waals surface area contributed by atoms with Crippen molar-refractivity contribution in [3.63, 3.8) is 0 Å². The van der Waals surface area contributed by atoms with Crippen LogP contribution >= 0.6 is 0 Å². The molecular formula is C32H49N7O11. The molecule has 0 saturated carbocycles. The largest absolute Gasteiger partial charge is 0.508 e. The SMILES string of the molecule is CC(O)[C@@H]1NC(=O)[C@H]([C@@H](C)O)NC(=O)[C@H](CCc2ccc(O)cc2)NC(=O)[C@@H]2C[C@@H](O)CN2C(=O)[C@H]([C@@H](C)O)NC(=O)C(N)CCCNC1=O. The lowest BCUT2D eigenvalue weighted by molar-refractivity contribution is -0.144. The number of aliphatic hydroxyl groups is 4. The van der Waals surface area contributed by atoms with Crippen molar-refractivity contribution in [1.29, 1.82) is 0 Å². The summed E-state index contributed by atoms with van der Waals surface area (Å²) in [7, 11) is 0. The zero-order valence-electron chi connectivity index (χ0n) is 28.2. The molecule has 12 N–H and O–H groups in total. The average Bonchev–Trinajstić information content (AvgIpc) is 3.45. The molecule has 0 radical (unpaired) electrons. The molecule has 0 bridgehead atoms. The number of amides is 6. The number of fused-ring (bicyclic) bond motifs is 1. The maximum Gasteiger partial charge on any atom is 0.248 e. The third-order valence-electron chi connectivity index (χ3n) is 8.66. The third-order valence-corrected chi connectivity index (χ3v) is 8.66. The van der Waals surface area contributed by atoms with E-state index in [9.17, 15) is 54.3 Å². The number of phenolic OH excluding ortho intramolecular Hbond substituents is 1. The molecule has 3 rings (SSSR count). The molecular weight excluding hydrogens is 658 g/mol. The van der Waals surface area contributed by atoms with Crippen molar-refractivity contribution in [2.24, 2.45) is 5.73 Å². The summed E-state index contributed by atoms with van der Waals surface area (Å²) in [5.41, 5.74) is 6.69. The number of carbonyl (C=O) groups excluding carboxylic acids is 6. The summed E-state index contributed by atoms with van der Waals surface area (Å²) in [4.78, 5) is 81.3.